The van der Waals surface area contributed by atoms with Crippen LogP contribution in [0.4, 0.5) is 0 Å². The summed E-state index contributed by atoms with van der Waals surface area (Å²) in [5.41, 5.74) is 0. The van der Waals surface area contributed by atoms with Crippen molar-refractivity contribution in [1.82, 2.24) is 5.90 Å². The summed E-state index contributed by atoms with van der Waals surface area (Å²) in [6.45, 7) is 4.96. The molecule has 1 N–H and O–H groups in total. The Labute approximate surface area is 60.2 Å². The molecule has 0 aromatic carbocycles. The van der Waals surface area contributed by atoms with E-state index in [1.807, 2.05) is 0 Å². The summed E-state index contributed by atoms with van der Waals surface area (Å²) in [6, 6.07) is 0. The van der Waals surface area contributed by atoms with Crippen molar-refractivity contribution in [3.8, 4) is 0 Å². The molecule has 0 amide bonds. The van der Waals surface area contributed by atoms with Crippen LogP contribution in [0, 0.1) is 0 Å². The van der Waals surface area contributed by atoms with Gasteiger partial charge in [0.05, 0.1) is 6.10 Å². The van der Waals surface area contributed by atoms with Crippen LogP contribution in [0.1, 0.15) is 20.8 Å². The fourth-order valence-electron chi connectivity index (χ4n) is 0.376. The molecule has 10 heavy (non-hydrogen) atoms. The molecule has 1 unspecified atom stereocenters. The lowest BCUT2D eigenvalue weighted by molar-refractivity contribution is -0.160. The van der Waals surface area contributed by atoms with Crippen molar-refractivity contribution in [1.29, 1.82) is 0 Å². The SMILES string of the molecule is CC(C)OC(=O)C(C)O[NH]. The molecular formula is C6H12NO3. The first-order valence-electron chi connectivity index (χ1n) is 3.10. The van der Waals surface area contributed by atoms with Gasteiger partial charge in [0.1, 0.15) is 0 Å². The summed E-state index contributed by atoms with van der Waals surface area (Å²) in [7, 11) is 0. The molecule has 0 aromatic heterocycles. The van der Waals surface area contributed by atoms with Gasteiger partial charge < -0.3 is 4.74 Å². The summed E-state index contributed by atoms with van der Waals surface area (Å²) in [4.78, 5) is 14.7. The highest BCUT2D eigenvalue weighted by Gasteiger charge is 2.14. The van der Waals surface area contributed by atoms with E-state index in [0.29, 0.717) is 0 Å². The highest BCUT2D eigenvalue weighted by atomic mass is 16.6. The Hall–Kier alpha value is -0.610. The molecule has 0 spiro atoms. The van der Waals surface area contributed by atoms with Gasteiger partial charge in [-0.2, -0.15) is 0 Å². The Morgan fingerprint density at radius 2 is 1.90 bits per heavy atom. The molecule has 0 saturated carbocycles. The first-order valence-corrected chi connectivity index (χ1v) is 3.10. The number of rotatable bonds is 3. The summed E-state index contributed by atoms with van der Waals surface area (Å²) >= 11 is 0. The maximum absolute atomic E-state index is 10.7. The highest BCUT2D eigenvalue weighted by molar-refractivity contribution is 5.74. The van der Waals surface area contributed by atoms with E-state index in [0.717, 1.165) is 0 Å². The molecule has 59 valence electrons. The van der Waals surface area contributed by atoms with Gasteiger partial charge in [-0.25, -0.2) is 4.79 Å². The average molecular weight is 146 g/mol. The Morgan fingerprint density at radius 3 is 2.20 bits per heavy atom. The van der Waals surface area contributed by atoms with E-state index in [2.05, 4.69) is 4.84 Å². The number of hydrogen-bond donors (Lipinski definition) is 0. The summed E-state index contributed by atoms with van der Waals surface area (Å²) < 4.78 is 4.72. The fourth-order valence-corrected chi connectivity index (χ4v) is 0.376. The van der Waals surface area contributed by atoms with Crippen LogP contribution in [0.2, 0.25) is 0 Å². The molecule has 0 aromatic rings. The lowest BCUT2D eigenvalue weighted by atomic mass is 10.4. The molecule has 0 aliphatic rings. The van der Waals surface area contributed by atoms with Crippen molar-refractivity contribution in [3.05, 3.63) is 0 Å². The predicted octanol–water partition coefficient (Wildman–Crippen LogP) is 0.541. The molecule has 4 nitrogen and oxygen atoms in total. The van der Waals surface area contributed by atoms with Crippen LogP contribution in [0.25, 0.3) is 0 Å². The Kier molecular flexibility index (Phi) is 3.99. The van der Waals surface area contributed by atoms with Gasteiger partial charge >= 0.3 is 5.97 Å². The third-order valence-corrected chi connectivity index (χ3v) is 0.861. The lowest BCUT2D eigenvalue weighted by Crippen LogP contribution is -2.25. The van der Waals surface area contributed by atoms with Crippen LogP contribution in [-0.4, -0.2) is 18.2 Å². The molecule has 0 aliphatic heterocycles. The predicted molar refractivity (Wildman–Crippen MR) is 34.9 cm³/mol. The van der Waals surface area contributed by atoms with Crippen LogP contribution in [0.5, 0.6) is 0 Å². The van der Waals surface area contributed by atoms with E-state index < -0.39 is 12.1 Å². The Balaban J connectivity index is 3.62. The van der Waals surface area contributed by atoms with Crippen LogP contribution in [-0.2, 0) is 14.4 Å². The van der Waals surface area contributed by atoms with Gasteiger partial charge in [0.25, 0.3) is 0 Å². The summed E-state index contributed by atoms with van der Waals surface area (Å²) in [6.07, 6.45) is -0.938. The summed E-state index contributed by atoms with van der Waals surface area (Å²) in [5, 5.41) is 0. The number of carbonyl (C=O) groups is 1. The van der Waals surface area contributed by atoms with Gasteiger partial charge in [0.15, 0.2) is 6.10 Å². The Morgan fingerprint density at radius 1 is 1.40 bits per heavy atom. The maximum Gasteiger partial charge on any atom is 0.337 e. The van der Waals surface area contributed by atoms with E-state index in [9.17, 15) is 4.79 Å². The molecule has 4 heteroatoms. The van der Waals surface area contributed by atoms with Crippen LogP contribution in [0.3, 0.4) is 0 Å². The quantitative estimate of drug-likeness (QED) is 0.431. The third kappa shape index (κ3) is 3.42. The minimum atomic E-state index is -0.789. The second kappa shape index (κ2) is 4.24. The third-order valence-electron chi connectivity index (χ3n) is 0.861. The maximum atomic E-state index is 10.7. The monoisotopic (exact) mass is 146 g/mol. The largest absolute Gasteiger partial charge is 0.461 e. The van der Waals surface area contributed by atoms with E-state index in [1.165, 1.54) is 6.92 Å². The van der Waals surface area contributed by atoms with Gasteiger partial charge in [0, 0.05) is 0 Å². The van der Waals surface area contributed by atoms with Gasteiger partial charge in [-0.05, 0) is 20.8 Å². The van der Waals surface area contributed by atoms with Crippen molar-refractivity contribution >= 4 is 5.97 Å². The molecule has 0 heterocycles. The zero-order valence-corrected chi connectivity index (χ0v) is 6.38. The number of carbonyl (C=O) groups excluding carboxylic acids is 1. The van der Waals surface area contributed by atoms with Gasteiger partial charge in [-0.3, -0.25) is 4.84 Å². The first-order chi connectivity index (χ1) is 4.57. The smallest absolute Gasteiger partial charge is 0.337 e. The molecule has 0 aliphatic carbocycles. The van der Waals surface area contributed by atoms with E-state index in [4.69, 9.17) is 10.6 Å². The van der Waals surface area contributed by atoms with Crippen molar-refractivity contribution in [2.45, 2.75) is 33.0 Å². The zero-order valence-electron chi connectivity index (χ0n) is 6.38. The van der Waals surface area contributed by atoms with Gasteiger partial charge in [0.2, 0.25) is 0 Å². The lowest BCUT2D eigenvalue weighted by Gasteiger charge is -2.10. The standard InChI is InChI=1S/C6H12NO3/c1-4(2)9-6(8)5(3)10-7/h4-5,7H,1-3H3. The highest BCUT2D eigenvalue weighted by Crippen LogP contribution is 1.95. The molecule has 0 saturated heterocycles. The average Bonchev–Trinajstić information content (AvgIpc) is 1.85. The summed E-state index contributed by atoms with van der Waals surface area (Å²) in [5.74, 6) is 5.89. The second-order valence-electron chi connectivity index (χ2n) is 2.25. The number of ether oxygens (including phenoxy) is 1. The molecular weight excluding hydrogens is 134 g/mol. The minimum absolute atomic E-state index is 0.148. The van der Waals surface area contributed by atoms with Crippen LogP contribution in [0.15, 0.2) is 0 Å². The zero-order chi connectivity index (χ0) is 8.15. The van der Waals surface area contributed by atoms with Crippen molar-refractivity contribution in [2.24, 2.45) is 0 Å². The number of esters is 1. The van der Waals surface area contributed by atoms with Crippen molar-refractivity contribution in [3.63, 3.8) is 0 Å². The number of nitrogens with one attached hydrogen (secondary N) is 1. The van der Waals surface area contributed by atoms with Crippen molar-refractivity contribution in [2.75, 3.05) is 0 Å². The Bertz CT molecular complexity index is 114. The fraction of sp³-hybridized carbons (Fsp3) is 0.833. The first kappa shape index (κ1) is 9.39. The molecule has 0 fully saturated rings. The normalized spacial score (nSPS) is 13.3. The van der Waals surface area contributed by atoms with E-state index in [1.54, 1.807) is 13.8 Å². The van der Waals surface area contributed by atoms with Gasteiger partial charge in [-0.15, -0.1) is 5.90 Å². The van der Waals surface area contributed by atoms with Gasteiger partial charge in [-0.1, -0.05) is 0 Å². The molecule has 0 rings (SSSR count). The number of hydrogen-bond acceptors (Lipinski definition) is 3. The second-order valence-corrected chi connectivity index (χ2v) is 2.25. The molecule has 1 atom stereocenters. The topological polar surface area (TPSA) is 59.3 Å². The van der Waals surface area contributed by atoms with Crippen LogP contribution < -0.4 is 5.90 Å². The molecule has 0 bridgehead atoms. The molecule has 1 radical (unpaired) electrons. The van der Waals surface area contributed by atoms with E-state index in [-0.39, 0.29) is 6.10 Å². The van der Waals surface area contributed by atoms with E-state index >= 15 is 0 Å². The van der Waals surface area contributed by atoms with Crippen molar-refractivity contribution < 1.29 is 14.4 Å². The van der Waals surface area contributed by atoms with Crippen LogP contribution >= 0.6 is 0 Å². The minimum Gasteiger partial charge on any atom is -0.461 e.